The van der Waals surface area contributed by atoms with Crippen LogP contribution in [0.4, 0.5) is 14.6 Å². The van der Waals surface area contributed by atoms with E-state index >= 15 is 0 Å². The van der Waals surface area contributed by atoms with Crippen LogP contribution in [0.25, 0.3) is 22.2 Å². The lowest BCUT2D eigenvalue weighted by molar-refractivity contribution is -0.0267. The molecular weight excluding hydrogens is 324 g/mol. The summed E-state index contributed by atoms with van der Waals surface area (Å²) in [4.78, 5) is 10.3. The third-order valence-corrected chi connectivity index (χ3v) is 4.52. The van der Waals surface area contributed by atoms with E-state index in [-0.39, 0.29) is 13.1 Å². The second-order valence-electron chi connectivity index (χ2n) is 6.60. The van der Waals surface area contributed by atoms with Gasteiger partial charge in [0.25, 0.3) is 5.92 Å². The van der Waals surface area contributed by atoms with Gasteiger partial charge in [-0.25, -0.2) is 13.8 Å². The van der Waals surface area contributed by atoms with E-state index in [4.69, 9.17) is 0 Å². The first-order chi connectivity index (χ1) is 11.8. The molecule has 4 nitrogen and oxygen atoms in total. The number of alkyl halides is 2. The molecular formula is C19H17F2N3O. The van der Waals surface area contributed by atoms with Crippen LogP contribution in [0.5, 0.6) is 5.75 Å². The molecule has 0 aliphatic carbocycles. The average Bonchev–Trinajstić information content (AvgIpc) is 2.56. The Morgan fingerprint density at radius 3 is 2.32 bits per heavy atom. The van der Waals surface area contributed by atoms with Crippen LogP contribution in [0, 0.1) is 13.8 Å². The van der Waals surface area contributed by atoms with Gasteiger partial charge in [0, 0.05) is 0 Å². The lowest BCUT2D eigenvalue weighted by Gasteiger charge is -2.39. The zero-order valence-corrected chi connectivity index (χ0v) is 13.9. The summed E-state index contributed by atoms with van der Waals surface area (Å²) in [5.74, 6) is -1.88. The molecule has 0 atom stereocenters. The summed E-state index contributed by atoms with van der Waals surface area (Å²) in [6, 6.07) is 9.53. The fourth-order valence-corrected chi connectivity index (χ4v) is 3.13. The van der Waals surface area contributed by atoms with Gasteiger partial charge < -0.3 is 10.0 Å². The highest BCUT2D eigenvalue weighted by Gasteiger charge is 2.44. The van der Waals surface area contributed by atoms with Crippen LogP contribution in [-0.2, 0) is 0 Å². The average molecular weight is 341 g/mol. The molecule has 1 N–H and O–H groups in total. The number of phenolic OH excluding ortho intramolecular Hbond substituents is 1. The maximum absolute atomic E-state index is 13.1. The Kier molecular flexibility index (Phi) is 3.39. The van der Waals surface area contributed by atoms with Crippen molar-refractivity contribution in [2.24, 2.45) is 0 Å². The largest absolute Gasteiger partial charge is 0.507 e. The fraction of sp³-hybridized carbons (Fsp3) is 0.263. The summed E-state index contributed by atoms with van der Waals surface area (Å²) in [5.41, 5.74) is 4.90. The number of phenols is 1. The first-order valence-corrected chi connectivity index (χ1v) is 8.03. The molecule has 1 aromatic heterocycles. The van der Waals surface area contributed by atoms with Gasteiger partial charge in [-0.3, -0.25) is 4.98 Å². The van der Waals surface area contributed by atoms with Crippen molar-refractivity contribution < 1.29 is 13.9 Å². The van der Waals surface area contributed by atoms with Crippen molar-refractivity contribution in [3.8, 4) is 16.9 Å². The highest BCUT2D eigenvalue weighted by atomic mass is 19.3. The summed E-state index contributed by atoms with van der Waals surface area (Å²) < 4.78 is 26.1. The van der Waals surface area contributed by atoms with E-state index in [1.807, 2.05) is 44.2 Å². The van der Waals surface area contributed by atoms with E-state index in [0.29, 0.717) is 22.6 Å². The molecule has 2 heterocycles. The number of fused-ring (bicyclic) bond motifs is 1. The number of benzene rings is 2. The highest BCUT2D eigenvalue weighted by Crippen LogP contribution is 2.33. The molecule has 0 amide bonds. The Morgan fingerprint density at radius 1 is 1.00 bits per heavy atom. The first-order valence-electron chi connectivity index (χ1n) is 8.03. The van der Waals surface area contributed by atoms with E-state index in [9.17, 15) is 13.9 Å². The smallest absolute Gasteiger partial charge is 0.282 e. The van der Waals surface area contributed by atoms with Crippen molar-refractivity contribution in [2.75, 3.05) is 18.0 Å². The molecule has 6 heteroatoms. The molecule has 25 heavy (non-hydrogen) atoms. The predicted molar refractivity (Wildman–Crippen MR) is 93.3 cm³/mol. The number of anilines is 1. The Labute approximate surface area is 143 Å². The quantitative estimate of drug-likeness (QED) is 0.763. The summed E-state index contributed by atoms with van der Waals surface area (Å²) >= 11 is 0. The zero-order chi connectivity index (χ0) is 17.8. The normalized spacial score (nSPS) is 16.1. The molecule has 0 saturated carbocycles. The van der Waals surface area contributed by atoms with Crippen molar-refractivity contribution in [2.45, 2.75) is 19.8 Å². The van der Waals surface area contributed by atoms with Gasteiger partial charge in [-0.15, -0.1) is 0 Å². The van der Waals surface area contributed by atoms with Crippen LogP contribution < -0.4 is 4.90 Å². The third-order valence-electron chi connectivity index (χ3n) is 4.52. The summed E-state index contributed by atoms with van der Waals surface area (Å²) in [5, 5.41) is 9.93. The number of halogens is 2. The molecule has 2 aromatic carbocycles. The molecule has 0 unspecified atom stereocenters. The number of nitrogens with zero attached hydrogens (tertiary/aromatic N) is 3. The van der Waals surface area contributed by atoms with Gasteiger partial charge in [0.1, 0.15) is 11.6 Å². The third kappa shape index (κ3) is 2.77. The number of rotatable bonds is 2. The van der Waals surface area contributed by atoms with Gasteiger partial charge in [0.05, 0.1) is 30.3 Å². The van der Waals surface area contributed by atoms with Crippen LogP contribution in [0.1, 0.15) is 11.1 Å². The van der Waals surface area contributed by atoms with Crippen LogP contribution in [0.15, 0.2) is 36.5 Å². The Hall–Kier alpha value is -2.76. The lowest BCUT2D eigenvalue weighted by atomic mass is 9.99. The maximum atomic E-state index is 13.1. The molecule has 0 spiro atoms. The summed E-state index contributed by atoms with van der Waals surface area (Å²) in [6.45, 7) is 3.08. The van der Waals surface area contributed by atoms with Crippen LogP contribution in [0.3, 0.4) is 0 Å². The SMILES string of the molecule is Cc1cc(-c2ccc3ncc(N4CC(F)(F)C4)nc3c2)cc(C)c1O. The Bertz CT molecular complexity index is 957. The van der Waals surface area contributed by atoms with Gasteiger partial charge in [-0.1, -0.05) is 6.07 Å². The molecule has 4 rings (SSSR count). The number of hydrogen-bond donors (Lipinski definition) is 1. The van der Waals surface area contributed by atoms with Crippen molar-refractivity contribution in [1.29, 1.82) is 0 Å². The first kappa shape index (κ1) is 15.7. The predicted octanol–water partition coefficient (Wildman–Crippen LogP) is 4.07. The summed E-state index contributed by atoms with van der Waals surface area (Å²) in [7, 11) is 0. The van der Waals surface area contributed by atoms with E-state index in [1.165, 1.54) is 11.1 Å². The van der Waals surface area contributed by atoms with E-state index in [1.54, 1.807) is 0 Å². The molecule has 1 aliphatic rings. The second-order valence-corrected chi connectivity index (χ2v) is 6.60. The molecule has 1 aliphatic heterocycles. The van der Waals surface area contributed by atoms with E-state index < -0.39 is 5.92 Å². The fourth-order valence-electron chi connectivity index (χ4n) is 3.13. The van der Waals surface area contributed by atoms with Crippen LogP contribution >= 0.6 is 0 Å². The standard InChI is InChI=1S/C19H17F2N3O/c1-11-5-14(6-12(2)18(11)25)13-3-4-15-16(7-13)23-17(8-22-15)24-9-19(20,21)10-24/h3-8,25H,9-10H2,1-2H3. The lowest BCUT2D eigenvalue weighted by Crippen LogP contribution is -2.56. The minimum atomic E-state index is -2.64. The van der Waals surface area contributed by atoms with Crippen LogP contribution in [-0.4, -0.2) is 34.1 Å². The van der Waals surface area contributed by atoms with Crippen molar-refractivity contribution in [3.05, 3.63) is 47.7 Å². The minimum Gasteiger partial charge on any atom is -0.507 e. The molecule has 0 radical (unpaired) electrons. The van der Waals surface area contributed by atoms with Gasteiger partial charge in [0.15, 0.2) is 0 Å². The Morgan fingerprint density at radius 2 is 1.68 bits per heavy atom. The highest BCUT2D eigenvalue weighted by molar-refractivity contribution is 5.83. The van der Waals surface area contributed by atoms with Gasteiger partial charge in [-0.05, 0) is 60.4 Å². The van der Waals surface area contributed by atoms with E-state index in [2.05, 4.69) is 9.97 Å². The number of aryl methyl sites for hydroxylation is 2. The van der Waals surface area contributed by atoms with Crippen LogP contribution in [0.2, 0.25) is 0 Å². The number of aromatic hydroxyl groups is 1. The molecule has 3 aromatic rings. The summed E-state index contributed by atoms with van der Waals surface area (Å²) in [6.07, 6.45) is 1.53. The van der Waals surface area contributed by atoms with Crippen molar-refractivity contribution >= 4 is 16.9 Å². The van der Waals surface area contributed by atoms with Gasteiger partial charge in [-0.2, -0.15) is 0 Å². The zero-order valence-electron chi connectivity index (χ0n) is 13.9. The van der Waals surface area contributed by atoms with Crippen molar-refractivity contribution in [3.63, 3.8) is 0 Å². The van der Waals surface area contributed by atoms with Gasteiger partial charge in [0.2, 0.25) is 0 Å². The monoisotopic (exact) mass is 341 g/mol. The maximum Gasteiger partial charge on any atom is 0.282 e. The van der Waals surface area contributed by atoms with Gasteiger partial charge >= 0.3 is 0 Å². The van der Waals surface area contributed by atoms with Crippen molar-refractivity contribution in [1.82, 2.24) is 9.97 Å². The molecule has 1 saturated heterocycles. The molecule has 0 bridgehead atoms. The Balaban J connectivity index is 1.74. The van der Waals surface area contributed by atoms with E-state index in [0.717, 1.165) is 22.3 Å². The minimum absolute atomic E-state index is 0.297. The number of hydrogen-bond acceptors (Lipinski definition) is 4. The second kappa shape index (κ2) is 5.37. The topological polar surface area (TPSA) is 49.2 Å². The number of aromatic nitrogens is 2. The molecule has 1 fully saturated rings. The molecule has 128 valence electrons.